The molecule has 0 spiro atoms. The van der Waals surface area contributed by atoms with Crippen molar-refractivity contribution in [2.45, 2.75) is 46.5 Å². The van der Waals surface area contributed by atoms with Crippen molar-refractivity contribution in [2.24, 2.45) is 5.41 Å². The molecule has 2 unspecified atom stereocenters. The lowest BCUT2D eigenvalue weighted by molar-refractivity contribution is -0.221. The van der Waals surface area contributed by atoms with Gasteiger partial charge in [-0.3, -0.25) is 4.79 Å². The third-order valence-corrected chi connectivity index (χ3v) is 3.09. The van der Waals surface area contributed by atoms with Crippen LogP contribution in [0, 0.1) is 5.41 Å². The molecule has 0 radical (unpaired) electrons. The SMILES string of the molecule is CCC(C)(C)C(=O)OC(C)C(=O)OC1COCCO1. The smallest absolute Gasteiger partial charge is 0.349 e. The molecule has 19 heavy (non-hydrogen) atoms. The van der Waals surface area contributed by atoms with E-state index in [1.807, 2.05) is 6.92 Å². The van der Waals surface area contributed by atoms with Crippen molar-refractivity contribution in [1.29, 1.82) is 0 Å². The minimum atomic E-state index is -0.955. The average molecular weight is 274 g/mol. The number of hydrogen-bond acceptors (Lipinski definition) is 6. The van der Waals surface area contributed by atoms with Crippen molar-refractivity contribution in [1.82, 2.24) is 0 Å². The van der Waals surface area contributed by atoms with Crippen LogP contribution >= 0.6 is 0 Å². The van der Waals surface area contributed by atoms with Crippen LogP contribution in [-0.2, 0) is 28.5 Å². The zero-order valence-electron chi connectivity index (χ0n) is 11.9. The molecule has 0 aromatic rings. The molecule has 0 saturated carbocycles. The summed E-state index contributed by atoms with van der Waals surface area (Å²) in [6.45, 7) is 7.98. The Balaban J connectivity index is 2.41. The van der Waals surface area contributed by atoms with E-state index in [9.17, 15) is 9.59 Å². The van der Waals surface area contributed by atoms with Crippen LogP contribution in [0.1, 0.15) is 34.1 Å². The van der Waals surface area contributed by atoms with Gasteiger partial charge in [-0.05, 0) is 27.2 Å². The fourth-order valence-electron chi connectivity index (χ4n) is 1.27. The zero-order chi connectivity index (χ0) is 14.5. The fraction of sp³-hybridized carbons (Fsp3) is 0.846. The van der Waals surface area contributed by atoms with Crippen LogP contribution in [-0.4, -0.2) is 44.2 Å². The molecule has 0 aromatic carbocycles. The molecule has 0 bridgehead atoms. The average Bonchev–Trinajstić information content (AvgIpc) is 2.39. The first kappa shape index (κ1) is 15.9. The highest BCUT2D eigenvalue weighted by atomic mass is 16.7. The number of carbonyl (C=O) groups excluding carboxylic acids is 2. The summed E-state index contributed by atoms with van der Waals surface area (Å²) in [5, 5.41) is 0. The van der Waals surface area contributed by atoms with E-state index in [1.165, 1.54) is 6.92 Å². The van der Waals surface area contributed by atoms with Gasteiger partial charge in [-0.2, -0.15) is 0 Å². The van der Waals surface area contributed by atoms with Crippen molar-refractivity contribution < 1.29 is 28.5 Å². The molecule has 1 heterocycles. The first-order chi connectivity index (χ1) is 8.86. The predicted octanol–water partition coefficient (Wildman–Crippen LogP) is 1.27. The lowest BCUT2D eigenvalue weighted by Crippen LogP contribution is -2.38. The zero-order valence-corrected chi connectivity index (χ0v) is 11.9. The number of hydrogen-bond donors (Lipinski definition) is 0. The number of carbonyl (C=O) groups is 2. The van der Waals surface area contributed by atoms with Gasteiger partial charge in [-0.15, -0.1) is 0 Å². The molecule has 0 aromatic heterocycles. The molecule has 1 saturated heterocycles. The Morgan fingerprint density at radius 3 is 2.58 bits per heavy atom. The minimum absolute atomic E-state index is 0.201. The third-order valence-electron chi connectivity index (χ3n) is 3.09. The molecule has 6 heteroatoms. The summed E-state index contributed by atoms with van der Waals surface area (Å²) in [5.41, 5.74) is -0.612. The molecule has 2 atom stereocenters. The van der Waals surface area contributed by atoms with Gasteiger partial charge >= 0.3 is 11.9 Å². The van der Waals surface area contributed by atoms with Gasteiger partial charge in [-0.25, -0.2) is 4.79 Å². The van der Waals surface area contributed by atoms with Crippen LogP contribution in [0.2, 0.25) is 0 Å². The Hall–Kier alpha value is -1.14. The minimum Gasteiger partial charge on any atom is -0.450 e. The van der Waals surface area contributed by atoms with Crippen LogP contribution < -0.4 is 0 Å². The predicted molar refractivity (Wildman–Crippen MR) is 66.3 cm³/mol. The molecular weight excluding hydrogens is 252 g/mol. The Kier molecular flexibility index (Phi) is 5.75. The summed E-state index contributed by atoms with van der Waals surface area (Å²) < 4.78 is 20.4. The Morgan fingerprint density at radius 2 is 2.05 bits per heavy atom. The highest BCUT2D eigenvalue weighted by Crippen LogP contribution is 2.22. The van der Waals surface area contributed by atoms with E-state index < -0.39 is 29.7 Å². The maximum atomic E-state index is 11.8. The monoisotopic (exact) mass is 274 g/mol. The third kappa shape index (κ3) is 4.80. The summed E-state index contributed by atoms with van der Waals surface area (Å²) in [6.07, 6.45) is -1.04. The first-order valence-corrected chi connectivity index (χ1v) is 6.47. The molecule has 0 aliphatic carbocycles. The maximum absolute atomic E-state index is 11.8. The van der Waals surface area contributed by atoms with Crippen LogP contribution in [0.5, 0.6) is 0 Å². The van der Waals surface area contributed by atoms with Gasteiger partial charge in [0.15, 0.2) is 6.10 Å². The highest BCUT2D eigenvalue weighted by Gasteiger charge is 2.32. The Labute approximate surface area is 113 Å². The van der Waals surface area contributed by atoms with Crippen molar-refractivity contribution in [2.75, 3.05) is 19.8 Å². The van der Waals surface area contributed by atoms with E-state index in [2.05, 4.69) is 0 Å². The molecule has 0 amide bonds. The molecule has 1 rings (SSSR count). The van der Waals surface area contributed by atoms with E-state index in [0.717, 1.165) is 0 Å². The lowest BCUT2D eigenvalue weighted by atomic mass is 9.91. The maximum Gasteiger partial charge on any atom is 0.349 e. The highest BCUT2D eigenvalue weighted by molar-refractivity contribution is 5.81. The fourth-order valence-corrected chi connectivity index (χ4v) is 1.27. The van der Waals surface area contributed by atoms with Gasteiger partial charge < -0.3 is 18.9 Å². The topological polar surface area (TPSA) is 71.1 Å². The summed E-state index contributed by atoms with van der Waals surface area (Å²) in [6, 6.07) is 0. The second-order valence-electron chi connectivity index (χ2n) is 5.10. The van der Waals surface area contributed by atoms with E-state index in [0.29, 0.717) is 19.6 Å². The second-order valence-corrected chi connectivity index (χ2v) is 5.10. The van der Waals surface area contributed by atoms with E-state index in [1.54, 1.807) is 13.8 Å². The Bertz CT molecular complexity index is 319. The van der Waals surface area contributed by atoms with Gasteiger partial charge in [0.1, 0.15) is 6.61 Å². The second kappa shape index (κ2) is 6.86. The number of ether oxygens (including phenoxy) is 4. The van der Waals surface area contributed by atoms with Crippen molar-refractivity contribution in [3.8, 4) is 0 Å². The summed E-state index contributed by atoms with van der Waals surface area (Å²) in [5.74, 6) is -1.05. The van der Waals surface area contributed by atoms with Crippen LogP contribution in [0.15, 0.2) is 0 Å². The summed E-state index contributed by atoms with van der Waals surface area (Å²) in [4.78, 5) is 23.5. The summed E-state index contributed by atoms with van der Waals surface area (Å²) >= 11 is 0. The largest absolute Gasteiger partial charge is 0.450 e. The van der Waals surface area contributed by atoms with Crippen molar-refractivity contribution >= 4 is 11.9 Å². The van der Waals surface area contributed by atoms with Crippen LogP contribution in [0.3, 0.4) is 0 Å². The standard InChI is InChI=1S/C13H22O6/c1-5-13(3,4)12(15)18-9(2)11(14)19-10-8-16-6-7-17-10/h9-10H,5-8H2,1-4H3. The van der Waals surface area contributed by atoms with Crippen LogP contribution in [0.25, 0.3) is 0 Å². The quantitative estimate of drug-likeness (QED) is 0.703. The summed E-state index contributed by atoms with van der Waals surface area (Å²) in [7, 11) is 0. The first-order valence-electron chi connectivity index (χ1n) is 6.47. The molecule has 0 N–H and O–H groups in total. The van der Waals surface area contributed by atoms with Gasteiger partial charge in [-0.1, -0.05) is 6.92 Å². The molecule has 110 valence electrons. The van der Waals surface area contributed by atoms with E-state index >= 15 is 0 Å². The van der Waals surface area contributed by atoms with Gasteiger partial charge in [0.05, 0.1) is 18.6 Å². The van der Waals surface area contributed by atoms with Gasteiger partial charge in [0.25, 0.3) is 0 Å². The van der Waals surface area contributed by atoms with Crippen molar-refractivity contribution in [3.05, 3.63) is 0 Å². The molecule has 1 aliphatic heterocycles. The van der Waals surface area contributed by atoms with E-state index in [-0.39, 0.29) is 6.61 Å². The number of esters is 2. The lowest BCUT2D eigenvalue weighted by Gasteiger charge is -2.26. The Morgan fingerprint density at radius 1 is 1.37 bits per heavy atom. The molecule has 1 aliphatic rings. The number of rotatable bonds is 5. The van der Waals surface area contributed by atoms with E-state index in [4.69, 9.17) is 18.9 Å². The van der Waals surface area contributed by atoms with Crippen molar-refractivity contribution in [3.63, 3.8) is 0 Å². The van der Waals surface area contributed by atoms with Crippen LogP contribution in [0.4, 0.5) is 0 Å². The molecule has 6 nitrogen and oxygen atoms in total. The van der Waals surface area contributed by atoms with Gasteiger partial charge in [0, 0.05) is 0 Å². The molecular formula is C13H22O6. The molecule has 1 fully saturated rings. The van der Waals surface area contributed by atoms with Gasteiger partial charge in [0.2, 0.25) is 6.29 Å². The normalized spacial score (nSPS) is 21.6.